The van der Waals surface area contributed by atoms with E-state index in [0.29, 0.717) is 20.3 Å². The summed E-state index contributed by atoms with van der Waals surface area (Å²) in [5.41, 5.74) is 0.674. The molecule has 0 N–H and O–H groups in total. The van der Waals surface area contributed by atoms with Crippen LogP contribution in [0, 0.1) is 5.21 Å². The number of nitrogens with zero attached hydrogens (tertiary/aromatic N) is 1. The van der Waals surface area contributed by atoms with E-state index in [-0.39, 0.29) is 17.2 Å². The molecule has 0 saturated carbocycles. The van der Waals surface area contributed by atoms with E-state index in [2.05, 4.69) is 0 Å². The summed E-state index contributed by atoms with van der Waals surface area (Å²) in [5, 5.41) is 12.1. The first-order valence-corrected chi connectivity index (χ1v) is 8.16. The minimum atomic E-state index is -3.66. The van der Waals surface area contributed by atoms with Gasteiger partial charge in [-0.2, -0.15) is 4.73 Å². The van der Waals surface area contributed by atoms with Crippen LogP contribution in [-0.4, -0.2) is 14.2 Å². The number of aromatic nitrogens is 1. The number of pyridine rings is 1. The fourth-order valence-electron chi connectivity index (χ4n) is 1.73. The monoisotopic (exact) mass is 331 g/mol. The van der Waals surface area contributed by atoms with Gasteiger partial charge in [0, 0.05) is 22.2 Å². The van der Waals surface area contributed by atoms with Crippen LogP contribution in [0.15, 0.2) is 47.6 Å². The standard InChI is InChI=1S/C13H11Cl2NO3S/c14-11-5-4-10(12(15)9-11)6-8-20(18,19)13-3-1-2-7-16(13)17/h1-5,7,9H,6,8H2. The third-order valence-electron chi connectivity index (χ3n) is 2.76. The van der Waals surface area contributed by atoms with Crippen LogP contribution in [0.4, 0.5) is 0 Å². The van der Waals surface area contributed by atoms with Crippen LogP contribution >= 0.6 is 23.2 Å². The maximum atomic E-state index is 12.1. The number of sulfone groups is 1. The minimum Gasteiger partial charge on any atom is -0.618 e. The van der Waals surface area contributed by atoms with E-state index < -0.39 is 9.84 Å². The quantitative estimate of drug-likeness (QED) is 0.639. The average molecular weight is 332 g/mol. The Labute approximate surface area is 127 Å². The van der Waals surface area contributed by atoms with Crippen molar-refractivity contribution in [3.8, 4) is 0 Å². The van der Waals surface area contributed by atoms with Crippen LogP contribution in [0.5, 0.6) is 0 Å². The Morgan fingerprint density at radius 2 is 1.90 bits per heavy atom. The Morgan fingerprint density at radius 3 is 2.55 bits per heavy atom. The van der Waals surface area contributed by atoms with Crippen LogP contribution in [-0.2, 0) is 16.3 Å². The molecule has 0 radical (unpaired) electrons. The van der Waals surface area contributed by atoms with Gasteiger partial charge in [0.05, 0.1) is 5.75 Å². The molecule has 2 aromatic rings. The molecule has 0 saturated heterocycles. The van der Waals surface area contributed by atoms with E-state index in [0.717, 1.165) is 6.20 Å². The van der Waals surface area contributed by atoms with Crippen LogP contribution in [0.25, 0.3) is 0 Å². The third-order valence-corrected chi connectivity index (χ3v) is 5.04. The number of benzene rings is 1. The van der Waals surface area contributed by atoms with Crippen molar-refractivity contribution in [1.82, 2.24) is 0 Å². The molecular weight excluding hydrogens is 321 g/mol. The molecule has 0 atom stereocenters. The number of rotatable bonds is 4. The molecule has 7 heteroatoms. The lowest BCUT2D eigenvalue weighted by molar-refractivity contribution is -0.646. The SMILES string of the molecule is O=S(=O)(CCc1ccc(Cl)cc1Cl)c1cccc[n+]1[O-]. The van der Waals surface area contributed by atoms with Crippen molar-refractivity contribution in [3.05, 3.63) is 63.4 Å². The van der Waals surface area contributed by atoms with Gasteiger partial charge >= 0.3 is 5.03 Å². The van der Waals surface area contributed by atoms with Gasteiger partial charge in [-0.3, -0.25) is 0 Å². The number of hydrogen-bond acceptors (Lipinski definition) is 3. The Hall–Kier alpha value is -1.30. The predicted octanol–water partition coefficient (Wildman–Crippen LogP) is 2.64. The predicted molar refractivity (Wildman–Crippen MR) is 77.6 cm³/mol. The summed E-state index contributed by atoms with van der Waals surface area (Å²) in [6.07, 6.45) is 1.37. The van der Waals surface area contributed by atoms with E-state index in [4.69, 9.17) is 23.2 Å². The first kappa shape index (κ1) is 15.1. The first-order chi connectivity index (χ1) is 9.40. The van der Waals surface area contributed by atoms with E-state index >= 15 is 0 Å². The molecule has 0 spiro atoms. The third kappa shape index (κ3) is 3.42. The van der Waals surface area contributed by atoms with Crippen LogP contribution in [0.3, 0.4) is 0 Å². The molecular formula is C13H11Cl2NO3S. The summed E-state index contributed by atoms with van der Waals surface area (Å²) in [5.74, 6) is -0.194. The highest BCUT2D eigenvalue weighted by Crippen LogP contribution is 2.22. The average Bonchev–Trinajstić information content (AvgIpc) is 2.38. The van der Waals surface area contributed by atoms with Gasteiger partial charge < -0.3 is 5.21 Å². The highest BCUT2D eigenvalue weighted by atomic mass is 35.5. The van der Waals surface area contributed by atoms with E-state index in [1.165, 1.54) is 18.2 Å². The minimum absolute atomic E-state index is 0.194. The Balaban J connectivity index is 2.20. The van der Waals surface area contributed by atoms with Gasteiger partial charge in [0.15, 0.2) is 6.20 Å². The second-order valence-corrected chi connectivity index (χ2v) is 7.07. The molecule has 20 heavy (non-hydrogen) atoms. The van der Waals surface area contributed by atoms with Crippen molar-refractivity contribution in [2.75, 3.05) is 5.75 Å². The summed E-state index contributed by atoms with van der Waals surface area (Å²) in [6, 6.07) is 9.15. The lowest BCUT2D eigenvalue weighted by Gasteiger charge is -2.06. The molecule has 1 heterocycles. The molecule has 0 bridgehead atoms. The topological polar surface area (TPSA) is 61.1 Å². The first-order valence-electron chi connectivity index (χ1n) is 5.75. The molecule has 2 rings (SSSR count). The van der Waals surface area contributed by atoms with Gasteiger partial charge in [-0.25, -0.2) is 8.42 Å². The lowest BCUT2D eigenvalue weighted by atomic mass is 10.2. The molecule has 4 nitrogen and oxygen atoms in total. The van der Waals surface area contributed by atoms with Crippen molar-refractivity contribution in [1.29, 1.82) is 0 Å². The molecule has 0 unspecified atom stereocenters. The molecule has 1 aromatic carbocycles. The van der Waals surface area contributed by atoms with Gasteiger partial charge in [-0.15, -0.1) is 0 Å². The lowest BCUT2D eigenvalue weighted by Crippen LogP contribution is -2.34. The summed E-state index contributed by atoms with van der Waals surface area (Å²) in [4.78, 5) is 0. The molecule has 106 valence electrons. The van der Waals surface area contributed by atoms with Crippen LogP contribution < -0.4 is 4.73 Å². The zero-order chi connectivity index (χ0) is 14.8. The van der Waals surface area contributed by atoms with Gasteiger partial charge in [-0.05, 0) is 30.2 Å². The second kappa shape index (κ2) is 5.99. The highest BCUT2D eigenvalue weighted by molar-refractivity contribution is 7.91. The summed E-state index contributed by atoms with van der Waals surface area (Å²) >= 11 is 11.8. The highest BCUT2D eigenvalue weighted by Gasteiger charge is 2.23. The second-order valence-electron chi connectivity index (χ2n) is 4.17. The Morgan fingerprint density at radius 1 is 1.15 bits per heavy atom. The Bertz CT molecular complexity index is 732. The fourth-order valence-corrected chi connectivity index (χ4v) is 3.55. The molecule has 1 aromatic heterocycles. The van der Waals surface area contributed by atoms with Crippen molar-refractivity contribution in [3.63, 3.8) is 0 Å². The molecule has 0 amide bonds. The van der Waals surface area contributed by atoms with Gasteiger partial charge in [0.2, 0.25) is 9.84 Å². The fraction of sp³-hybridized carbons (Fsp3) is 0.154. The molecule has 0 aliphatic heterocycles. The van der Waals surface area contributed by atoms with Crippen LogP contribution in [0.2, 0.25) is 10.0 Å². The van der Waals surface area contributed by atoms with Crippen molar-refractivity contribution in [2.24, 2.45) is 0 Å². The van der Waals surface area contributed by atoms with E-state index in [9.17, 15) is 13.6 Å². The van der Waals surface area contributed by atoms with Gasteiger partial charge in [-0.1, -0.05) is 29.3 Å². The molecule has 0 aliphatic carbocycles. The molecule has 0 fully saturated rings. The number of halogens is 2. The zero-order valence-corrected chi connectivity index (χ0v) is 12.6. The summed E-state index contributed by atoms with van der Waals surface area (Å²) in [6.45, 7) is 0. The zero-order valence-electron chi connectivity index (χ0n) is 10.3. The Kier molecular flexibility index (Phi) is 4.52. The number of aryl methyl sites for hydroxylation is 1. The maximum Gasteiger partial charge on any atom is 0.308 e. The maximum absolute atomic E-state index is 12.1. The van der Waals surface area contributed by atoms with Gasteiger partial charge in [0.25, 0.3) is 0 Å². The van der Waals surface area contributed by atoms with Gasteiger partial charge in [0.1, 0.15) is 0 Å². The van der Waals surface area contributed by atoms with Crippen molar-refractivity contribution < 1.29 is 13.1 Å². The van der Waals surface area contributed by atoms with E-state index in [1.54, 1.807) is 18.2 Å². The largest absolute Gasteiger partial charge is 0.618 e. The van der Waals surface area contributed by atoms with Crippen molar-refractivity contribution >= 4 is 33.0 Å². The molecule has 0 aliphatic rings. The summed E-state index contributed by atoms with van der Waals surface area (Å²) < 4.78 is 24.6. The van der Waals surface area contributed by atoms with Crippen molar-refractivity contribution in [2.45, 2.75) is 11.4 Å². The van der Waals surface area contributed by atoms with Crippen LogP contribution in [0.1, 0.15) is 5.56 Å². The number of hydrogen-bond donors (Lipinski definition) is 0. The summed E-state index contributed by atoms with van der Waals surface area (Å²) in [7, 11) is -3.66. The van der Waals surface area contributed by atoms with E-state index in [1.807, 2.05) is 0 Å². The normalized spacial score (nSPS) is 11.5. The smallest absolute Gasteiger partial charge is 0.308 e.